The van der Waals surface area contributed by atoms with Gasteiger partial charge in [-0.05, 0) is 46.9 Å². The van der Waals surface area contributed by atoms with Gasteiger partial charge in [-0.3, -0.25) is 0 Å². The third kappa shape index (κ3) is 3.62. The number of halogens is 1. The predicted octanol–water partition coefficient (Wildman–Crippen LogP) is 3.00. The van der Waals surface area contributed by atoms with E-state index in [0.717, 1.165) is 26.3 Å². The Balaban J connectivity index is 2.45. The van der Waals surface area contributed by atoms with Crippen molar-refractivity contribution in [2.45, 2.75) is 6.61 Å². The number of anilines is 2. The predicted molar refractivity (Wildman–Crippen MR) is 94.8 cm³/mol. The molecule has 1 aromatic carbocycles. The van der Waals surface area contributed by atoms with E-state index in [1.807, 2.05) is 33.3 Å². The maximum absolute atomic E-state index is 5.22. The maximum Gasteiger partial charge on any atom is 0.161 e. The van der Waals surface area contributed by atoms with Gasteiger partial charge in [0.15, 0.2) is 5.82 Å². The molecule has 112 valence electrons. The molecule has 0 amide bonds. The summed E-state index contributed by atoms with van der Waals surface area (Å²) < 4.78 is 6.21. The molecule has 0 fully saturated rings. The molecule has 1 N–H and O–H groups in total. The molecule has 0 atom stereocenters. The van der Waals surface area contributed by atoms with Crippen molar-refractivity contribution in [3.8, 4) is 11.4 Å². The van der Waals surface area contributed by atoms with Crippen LogP contribution in [0.5, 0.6) is 0 Å². The molecular weight excluding hydrogens is 379 g/mol. The normalized spacial score (nSPS) is 10.5. The molecule has 6 heteroatoms. The van der Waals surface area contributed by atoms with Crippen molar-refractivity contribution in [3.05, 3.63) is 33.5 Å². The van der Waals surface area contributed by atoms with Crippen LogP contribution in [0.3, 0.4) is 0 Å². The van der Waals surface area contributed by atoms with Gasteiger partial charge in [0, 0.05) is 39.5 Å². The summed E-state index contributed by atoms with van der Waals surface area (Å²) in [5, 5.41) is 3.11. The van der Waals surface area contributed by atoms with Gasteiger partial charge in [-0.25, -0.2) is 9.97 Å². The van der Waals surface area contributed by atoms with Crippen molar-refractivity contribution in [2.75, 3.05) is 38.5 Å². The van der Waals surface area contributed by atoms with Crippen molar-refractivity contribution in [3.63, 3.8) is 0 Å². The zero-order chi connectivity index (χ0) is 15.4. The molecule has 0 aliphatic heterocycles. The molecule has 0 bridgehead atoms. The molecule has 2 aromatic rings. The van der Waals surface area contributed by atoms with E-state index in [1.54, 1.807) is 7.11 Å². The van der Waals surface area contributed by atoms with Crippen LogP contribution < -0.4 is 10.2 Å². The summed E-state index contributed by atoms with van der Waals surface area (Å²) in [5.41, 5.74) is 3.03. The van der Waals surface area contributed by atoms with Gasteiger partial charge in [-0.2, -0.15) is 0 Å². The van der Waals surface area contributed by atoms with Gasteiger partial charge < -0.3 is 15.0 Å². The molecule has 21 heavy (non-hydrogen) atoms. The number of hydrogen-bond acceptors (Lipinski definition) is 5. The van der Waals surface area contributed by atoms with E-state index in [2.05, 4.69) is 54.9 Å². The average molecular weight is 398 g/mol. The number of aromatic nitrogens is 2. The number of hydrogen-bond donors (Lipinski definition) is 1. The van der Waals surface area contributed by atoms with Gasteiger partial charge >= 0.3 is 0 Å². The van der Waals surface area contributed by atoms with Gasteiger partial charge in [-0.1, -0.05) is 0 Å². The molecule has 0 spiro atoms. The highest BCUT2D eigenvalue weighted by molar-refractivity contribution is 14.1. The summed E-state index contributed by atoms with van der Waals surface area (Å²) >= 11 is 2.24. The Kier molecular flexibility index (Phi) is 5.35. The number of rotatable bonds is 5. The second-order valence-corrected chi connectivity index (χ2v) is 5.86. The summed E-state index contributed by atoms with van der Waals surface area (Å²) in [6.45, 7) is 0.470. The molecule has 1 aromatic heterocycles. The van der Waals surface area contributed by atoms with Crippen molar-refractivity contribution >= 4 is 34.1 Å². The summed E-state index contributed by atoms with van der Waals surface area (Å²) in [5.74, 6) is 1.53. The molecule has 5 nitrogen and oxygen atoms in total. The van der Waals surface area contributed by atoms with Crippen LogP contribution in [0, 0.1) is 3.57 Å². The minimum Gasteiger partial charge on any atom is -0.378 e. The topological polar surface area (TPSA) is 50.3 Å². The first kappa shape index (κ1) is 16.0. The third-order valence-electron chi connectivity index (χ3n) is 3.08. The second-order valence-electron chi connectivity index (χ2n) is 4.78. The van der Waals surface area contributed by atoms with E-state index in [1.165, 1.54) is 0 Å². The number of methoxy groups -OCH3 is 1. The Labute approximate surface area is 138 Å². The van der Waals surface area contributed by atoms with Crippen molar-refractivity contribution in [1.82, 2.24) is 9.97 Å². The highest BCUT2D eigenvalue weighted by Gasteiger charge is 2.12. The molecule has 2 rings (SSSR count). The number of ether oxygens (including phenoxy) is 1. The van der Waals surface area contributed by atoms with E-state index < -0.39 is 0 Å². The highest BCUT2D eigenvalue weighted by atomic mass is 127. The maximum atomic E-state index is 5.22. The smallest absolute Gasteiger partial charge is 0.161 e. The fourth-order valence-electron chi connectivity index (χ4n) is 1.93. The van der Waals surface area contributed by atoms with E-state index in [-0.39, 0.29) is 0 Å². The number of benzene rings is 1. The van der Waals surface area contributed by atoms with Crippen LogP contribution in [0.1, 0.15) is 5.69 Å². The van der Waals surface area contributed by atoms with Crippen LogP contribution in [0.25, 0.3) is 11.4 Å². The first-order valence-corrected chi connectivity index (χ1v) is 7.65. The lowest BCUT2D eigenvalue weighted by atomic mass is 10.2. The third-order valence-corrected chi connectivity index (χ3v) is 4.21. The van der Waals surface area contributed by atoms with Crippen LogP contribution in [-0.4, -0.2) is 38.2 Å². The van der Waals surface area contributed by atoms with Gasteiger partial charge in [-0.15, -0.1) is 0 Å². The minimum atomic E-state index is 0.470. The monoisotopic (exact) mass is 398 g/mol. The lowest BCUT2D eigenvalue weighted by Gasteiger charge is -2.13. The van der Waals surface area contributed by atoms with Gasteiger partial charge in [0.2, 0.25) is 0 Å². The molecule has 0 unspecified atom stereocenters. The molecule has 0 radical (unpaired) electrons. The van der Waals surface area contributed by atoms with Crippen molar-refractivity contribution in [2.24, 2.45) is 0 Å². The standard InChI is InChI=1S/C15H19IN4O/c1-17-15-13(16)12(9-21-4)18-14(19-15)10-5-7-11(8-6-10)20(2)3/h5-8H,9H2,1-4H3,(H,17,18,19). The fourth-order valence-corrected chi connectivity index (χ4v) is 2.60. The van der Waals surface area contributed by atoms with E-state index in [4.69, 9.17) is 4.74 Å². The Bertz CT molecular complexity index is 614. The second kappa shape index (κ2) is 7.04. The zero-order valence-electron chi connectivity index (χ0n) is 12.6. The van der Waals surface area contributed by atoms with Crippen LogP contribution >= 0.6 is 22.6 Å². The Hall–Kier alpha value is -1.41. The summed E-state index contributed by atoms with van der Waals surface area (Å²) in [6, 6.07) is 8.19. The van der Waals surface area contributed by atoms with Gasteiger partial charge in [0.25, 0.3) is 0 Å². The number of nitrogens with one attached hydrogen (secondary N) is 1. The van der Waals surface area contributed by atoms with Crippen molar-refractivity contribution in [1.29, 1.82) is 0 Å². The summed E-state index contributed by atoms with van der Waals surface area (Å²) in [4.78, 5) is 11.3. The van der Waals surface area contributed by atoms with E-state index >= 15 is 0 Å². The Morgan fingerprint density at radius 1 is 1.19 bits per heavy atom. The molecule has 0 saturated heterocycles. The molecule has 0 aliphatic rings. The van der Waals surface area contributed by atoms with E-state index in [0.29, 0.717) is 12.4 Å². The van der Waals surface area contributed by atoms with Gasteiger partial charge in [0.05, 0.1) is 15.9 Å². The fraction of sp³-hybridized carbons (Fsp3) is 0.333. The SMILES string of the molecule is CNc1nc(-c2ccc(N(C)C)cc2)nc(COC)c1I. The first-order valence-electron chi connectivity index (χ1n) is 6.57. The lowest BCUT2D eigenvalue weighted by molar-refractivity contribution is 0.181. The van der Waals surface area contributed by atoms with Gasteiger partial charge in [0.1, 0.15) is 5.82 Å². The molecule has 0 aliphatic carbocycles. The largest absolute Gasteiger partial charge is 0.378 e. The molecular formula is C15H19IN4O. The van der Waals surface area contributed by atoms with Crippen LogP contribution in [-0.2, 0) is 11.3 Å². The van der Waals surface area contributed by atoms with Crippen LogP contribution in [0.2, 0.25) is 0 Å². The summed E-state index contributed by atoms with van der Waals surface area (Å²) in [6.07, 6.45) is 0. The average Bonchev–Trinajstić information content (AvgIpc) is 2.49. The number of nitrogens with zero attached hydrogens (tertiary/aromatic N) is 3. The Morgan fingerprint density at radius 2 is 1.86 bits per heavy atom. The van der Waals surface area contributed by atoms with Crippen LogP contribution in [0.4, 0.5) is 11.5 Å². The highest BCUT2D eigenvalue weighted by Crippen LogP contribution is 2.25. The van der Waals surface area contributed by atoms with E-state index in [9.17, 15) is 0 Å². The molecule has 1 heterocycles. The Morgan fingerprint density at radius 3 is 2.38 bits per heavy atom. The first-order chi connectivity index (χ1) is 10.1. The molecule has 0 saturated carbocycles. The van der Waals surface area contributed by atoms with Crippen molar-refractivity contribution < 1.29 is 4.74 Å². The lowest BCUT2D eigenvalue weighted by Crippen LogP contribution is -2.08. The van der Waals surface area contributed by atoms with Crippen LogP contribution in [0.15, 0.2) is 24.3 Å². The summed E-state index contributed by atoms with van der Waals surface area (Å²) in [7, 11) is 7.57. The minimum absolute atomic E-state index is 0.470. The zero-order valence-corrected chi connectivity index (χ0v) is 14.8. The quantitative estimate of drug-likeness (QED) is 0.785.